The molecule has 0 N–H and O–H groups in total. The normalized spacial score (nSPS) is 47.6. The summed E-state index contributed by atoms with van der Waals surface area (Å²) in [7, 11) is 0. The van der Waals surface area contributed by atoms with Gasteiger partial charge in [-0.15, -0.1) is 0 Å². The van der Waals surface area contributed by atoms with E-state index < -0.39 is 5.41 Å². The van der Waals surface area contributed by atoms with Gasteiger partial charge in [-0.1, -0.05) is 34.6 Å². The summed E-state index contributed by atoms with van der Waals surface area (Å²) >= 11 is 0. The van der Waals surface area contributed by atoms with Crippen LogP contribution >= 0.6 is 0 Å². The van der Waals surface area contributed by atoms with Crippen molar-refractivity contribution < 1.29 is 23.9 Å². The largest absolute Gasteiger partial charge is 0.465 e. The molecule has 5 nitrogen and oxygen atoms in total. The quantitative estimate of drug-likeness (QED) is 0.461. The van der Waals surface area contributed by atoms with Crippen molar-refractivity contribution in [1.82, 2.24) is 0 Å². The molecule has 4 aliphatic rings. The fourth-order valence-corrected chi connectivity index (χ4v) is 9.68. The van der Waals surface area contributed by atoms with Crippen LogP contribution in [0.15, 0.2) is 0 Å². The molecule has 4 fully saturated rings. The minimum Gasteiger partial charge on any atom is -0.465 e. The van der Waals surface area contributed by atoms with E-state index in [-0.39, 0.29) is 52.2 Å². The minimum absolute atomic E-state index is 0.0161. The second-order valence-corrected chi connectivity index (χ2v) is 13.8. The molecule has 0 spiro atoms. The Balaban J connectivity index is 1.64. The molecule has 0 heterocycles. The highest BCUT2D eigenvalue weighted by molar-refractivity contribution is 5.89. The fourth-order valence-electron chi connectivity index (χ4n) is 9.68. The third-order valence-electron chi connectivity index (χ3n) is 11.8. The fraction of sp³-hybridized carbons (Fsp3) is 0.897. The summed E-state index contributed by atoms with van der Waals surface area (Å²) in [6, 6.07) is 0. The third-order valence-corrected chi connectivity index (χ3v) is 11.8. The van der Waals surface area contributed by atoms with Crippen LogP contribution in [0, 0.1) is 44.8 Å². The van der Waals surface area contributed by atoms with Gasteiger partial charge in [-0.2, -0.15) is 0 Å². The number of hydrogen-bond donors (Lipinski definition) is 0. The van der Waals surface area contributed by atoms with Gasteiger partial charge in [0.1, 0.15) is 18.5 Å². The molecule has 4 rings (SSSR count). The van der Waals surface area contributed by atoms with Gasteiger partial charge < -0.3 is 9.47 Å². The van der Waals surface area contributed by atoms with Crippen molar-refractivity contribution in [2.24, 2.45) is 44.8 Å². The second kappa shape index (κ2) is 8.06. The molecule has 0 aliphatic heterocycles. The van der Waals surface area contributed by atoms with Gasteiger partial charge in [0.25, 0.3) is 0 Å². The maximum absolute atomic E-state index is 13.9. The summed E-state index contributed by atoms with van der Waals surface area (Å²) in [5.41, 5.74) is -0.368. The lowest BCUT2D eigenvalue weighted by Crippen LogP contribution is -2.67. The molecule has 3 unspecified atom stereocenters. The lowest BCUT2D eigenvalue weighted by atomic mass is 9.33. The Labute approximate surface area is 206 Å². The smallest absolute Gasteiger partial charge is 0.302 e. The second-order valence-electron chi connectivity index (χ2n) is 13.8. The van der Waals surface area contributed by atoms with Crippen LogP contribution < -0.4 is 0 Å². The average molecular weight is 475 g/mol. The van der Waals surface area contributed by atoms with E-state index >= 15 is 0 Å². The van der Waals surface area contributed by atoms with Gasteiger partial charge in [-0.3, -0.25) is 14.4 Å². The molecule has 0 aromatic rings. The van der Waals surface area contributed by atoms with Crippen LogP contribution in [0.5, 0.6) is 0 Å². The van der Waals surface area contributed by atoms with Crippen molar-refractivity contribution >= 4 is 17.7 Å². The number of ether oxygens (including phenoxy) is 2. The maximum Gasteiger partial charge on any atom is 0.302 e. The lowest BCUT2D eigenvalue weighted by molar-refractivity contribution is -0.236. The Kier molecular flexibility index (Phi) is 6.09. The van der Waals surface area contributed by atoms with Crippen molar-refractivity contribution in [2.75, 3.05) is 6.61 Å². The topological polar surface area (TPSA) is 69.7 Å². The van der Waals surface area contributed by atoms with Gasteiger partial charge in [0.2, 0.25) is 0 Å². The maximum atomic E-state index is 13.9. The van der Waals surface area contributed by atoms with Crippen LogP contribution in [-0.2, 0) is 23.9 Å². The predicted octanol–water partition coefficient (Wildman–Crippen LogP) is 6.13. The van der Waals surface area contributed by atoms with E-state index in [0.717, 1.165) is 51.4 Å². The first-order valence-corrected chi connectivity index (χ1v) is 13.5. The van der Waals surface area contributed by atoms with Crippen LogP contribution in [0.3, 0.4) is 0 Å². The number of esters is 2. The predicted molar refractivity (Wildman–Crippen MR) is 131 cm³/mol. The van der Waals surface area contributed by atoms with Crippen molar-refractivity contribution in [3.63, 3.8) is 0 Å². The summed E-state index contributed by atoms with van der Waals surface area (Å²) < 4.78 is 11.2. The zero-order valence-corrected chi connectivity index (χ0v) is 22.7. The molecular weight excluding hydrogens is 428 g/mol. The van der Waals surface area contributed by atoms with Crippen LogP contribution in [0.4, 0.5) is 0 Å². The van der Waals surface area contributed by atoms with Crippen molar-refractivity contribution in [3.05, 3.63) is 0 Å². The number of Topliss-reactive ketones (excluding diaryl/α,β-unsaturated/α-hetero) is 1. The van der Waals surface area contributed by atoms with Gasteiger partial charge in [-0.05, 0) is 86.4 Å². The average Bonchev–Trinajstić information content (AvgIpc) is 2.73. The molecule has 8 atom stereocenters. The number of carbonyl (C=O) groups excluding carboxylic acids is 3. The summed E-state index contributed by atoms with van der Waals surface area (Å²) in [6.45, 7) is 17.2. The van der Waals surface area contributed by atoms with Gasteiger partial charge in [0, 0.05) is 25.2 Å². The van der Waals surface area contributed by atoms with Crippen molar-refractivity contribution in [1.29, 1.82) is 0 Å². The van der Waals surface area contributed by atoms with Crippen LogP contribution in [0.2, 0.25) is 0 Å². The van der Waals surface area contributed by atoms with E-state index in [4.69, 9.17) is 9.47 Å². The Morgan fingerprint density at radius 2 is 1.47 bits per heavy atom. The summed E-state index contributed by atoms with van der Waals surface area (Å²) in [6.07, 6.45) is 8.03. The van der Waals surface area contributed by atoms with E-state index in [1.807, 2.05) is 6.92 Å². The van der Waals surface area contributed by atoms with Crippen molar-refractivity contribution in [2.45, 2.75) is 113 Å². The Bertz CT molecular complexity index is 878. The molecule has 0 aromatic carbocycles. The molecule has 34 heavy (non-hydrogen) atoms. The SMILES string of the molecule is CC(=O)OC[C@@]1(C)CC[C@]2(C)C(CCC3[C@@]4(C)CC[C@H](OC(C)=O)C(C)(C)C4CC[C@]32C)C1=O. The number of fused-ring (bicyclic) bond motifs is 5. The zero-order valence-electron chi connectivity index (χ0n) is 22.7. The number of rotatable bonds is 3. The monoisotopic (exact) mass is 474 g/mol. The third kappa shape index (κ3) is 3.50. The highest BCUT2D eigenvalue weighted by atomic mass is 16.5. The molecule has 0 radical (unpaired) electrons. The van der Waals surface area contributed by atoms with Gasteiger partial charge in [-0.25, -0.2) is 0 Å². The first kappa shape index (κ1) is 25.7. The summed E-state index contributed by atoms with van der Waals surface area (Å²) in [5.74, 6) is 0.930. The number of carbonyl (C=O) groups is 3. The van der Waals surface area contributed by atoms with E-state index in [2.05, 4.69) is 34.6 Å². The zero-order chi connectivity index (χ0) is 25.3. The van der Waals surface area contributed by atoms with E-state index in [1.165, 1.54) is 13.8 Å². The molecular formula is C29H46O5. The van der Waals surface area contributed by atoms with Gasteiger partial charge >= 0.3 is 11.9 Å². The van der Waals surface area contributed by atoms with Crippen LogP contribution in [0.1, 0.15) is 107 Å². The number of hydrogen-bond acceptors (Lipinski definition) is 5. The lowest BCUT2D eigenvalue weighted by Gasteiger charge is -2.71. The highest BCUT2D eigenvalue weighted by Crippen LogP contribution is 2.74. The molecule has 5 heteroatoms. The highest BCUT2D eigenvalue weighted by Gasteiger charge is 2.69. The van der Waals surface area contributed by atoms with E-state index in [9.17, 15) is 14.4 Å². The van der Waals surface area contributed by atoms with E-state index in [1.54, 1.807) is 0 Å². The Morgan fingerprint density at radius 1 is 0.794 bits per heavy atom. The van der Waals surface area contributed by atoms with Crippen LogP contribution in [0.25, 0.3) is 0 Å². The summed E-state index contributed by atoms with van der Waals surface area (Å²) in [5, 5.41) is 0. The molecule has 192 valence electrons. The molecule has 0 amide bonds. The molecule has 0 saturated heterocycles. The molecule has 0 bridgehead atoms. The Morgan fingerprint density at radius 3 is 2.09 bits per heavy atom. The van der Waals surface area contributed by atoms with Gasteiger partial charge in [0.15, 0.2) is 0 Å². The standard InChI is InChI=1S/C29H46O5/c1-18(30)33-17-26(5)15-16-28(7)20(24(26)32)9-10-22-27(6)13-12-23(34-19(2)31)25(3,4)21(27)11-14-29(22,28)8/h20-23H,9-17H2,1-8H3/t20?,21?,22?,23-,26+,27-,28+,29+/m0/s1. The Hall–Kier alpha value is -1.39. The van der Waals surface area contributed by atoms with E-state index in [0.29, 0.717) is 17.6 Å². The number of ketones is 1. The van der Waals surface area contributed by atoms with Crippen LogP contribution in [-0.4, -0.2) is 30.4 Å². The molecule has 4 aliphatic carbocycles. The first-order chi connectivity index (χ1) is 15.6. The minimum atomic E-state index is -0.565. The molecule has 0 aromatic heterocycles. The first-order valence-electron chi connectivity index (χ1n) is 13.5. The summed E-state index contributed by atoms with van der Waals surface area (Å²) in [4.78, 5) is 37.2. The molecule has 4 saturated carbocycles. The van der Waals surface area contributed by atoms with Gasteiger partial charge in [0.05, 0.1) is 5.41 Å². The van der Waals surface area contributed by atoms with Crippen molar-refractivity contribution in [3.8, 4) is 0 Å².